The summed E-state index contributed by atoms with van der Waals surface area (Å²) in [6.07, 6.45) is 0. The van der Waals surface area contributed by atoms with E-state index in [0.717, 1.165) is 23.6 Å². The number of benzene rings is 2. The molecule has 2 nitrogen and oxygen atoms in total. The van der Waals surface area contributed by atoms with Gasteiger partial charge in [0.05, 0.1) is 5.02 Å². The highest BCUT2D eigenvalue weighted by molar-refractivity contribution is 6.36. The molecule has 1 aromatic heterocycles. The molecule has 23 heavy (non-hydrogen) atoms. The second kappa shape index (κ2) is 7.22. The molecule has 0 aliphatic rings. The van der Waals surface area contributed by atoms with Gasteiger partial charge in [-0.25, -0.2) is 0 Å². The third-order valence-electron chi connectivity index (χ3n) is 3.86. The normalized spacial score (nSPS) is 12.3. The lowest BCUT2D eigenvalue weighted by atomic mass is 10.1. The zero-order valence-corrected chi connectivity index (χ0v) is 14.3. The summed E-state index contributed by atoms with van der Waals surface area (Å²) in [5.74, 6) is 1.69. The van der Waals surface area contributed by atoms with Crippen LogP contribution in [-0.2, 0) is 6.54 Å². The van der Waals surface area contributed by atoms with Crippen LogP contribution in [0.2, 0.25) is 10.0 Å². The van der Waals surface area contributed by atoms with Gasteiger partial charge in [0.15, 0.2) is 5.76 Å². The van der Waals surface area contributed by atoms with Gasteiger partial charge in [0.25, 0.3) is 0 Å². The van der Waals surface area contributed by atoms with Crippen LogP contribution in [0.5, 0.6) is 0 Å². The van der Waals surface area contributed by atoms with Gasteiger partial charge in [-0.2, -0.15) is 0 Å². The van der Waals surface area contributed by atoms with E-state index in [1.54, 1.807) is 6.07 Å². The number of nitrogens with two attached hydrogens (primary N) is 1. The fourth-order valence-electron chi connectivity index (χ4n) is 2.51. The van der Waals surface area contributed by atoms with Crippen molar-refractivity contribution >= 4 is 23.2 Å². The van der Waals surface area contributed by atoms with E-state index in [-0.39, 0.29) is 0 Å². The first-order chi connectivity index (χ1) is 11.1. The van der Waals surface area contributed by atoms with Gasteiger partial charge in [0, 0.05) is 16.1 Å². The molecule has 0 aliphatic heterocycles. The summed E-state index contributed by atoms with van der Waals surface area (Å²) in [5.41, 5.74) is 2.17. The molecule has 0 saturated carbocycles. The Kier molecular flexibility index (Phi) is 5.06. The van der Waals surface area contributed by atoms with E-state index in [2.05, 4.69) is 36.5 Å². The number of rotatable bonds is 5. The van der Waals surface area contributed by atoms with Crippen molar-refractivity contribution in [2.75, 3.05) is 0 Å². The summed E-state index contributed by atoms with van der Waals surface area (Å²) < 4.78 is 5.92. The molecule has 0 spiro atoms. The van der Waals surface area contributed by atoms with Crippen LogP contribution in [0, 0.1) is 0 Å². The molecule has 0 unspecified atom stereocenters. The molecule has 2 N–H and O–H groups in total. The summed E-state index contributed by atoms with van der Waals surface area (Å²) in [7, 11) is 0. The Morgan fingerprint density at radius 3 is 2.52 bits per heavy atom. The molecule has 4 heteroatoms. The molecule has 3 aromatic rings. The van der Waals surface area contributed by atoms with Gasteiger partial charge < -0.3 is 9.73 Å². The van der Waals surface area contributed by atoms with Crippen LogP contribution in [0.4, 0.5) is 0 Å². The maximum absolute atomic E-state index is 6.23. The van der Waals surface area contributed by atoms with E-state index in [9.17, 15) is 0 Å². The molecule has 2 aromatic carbocycles. The Hall–Kier alpha value is -1.74. The second-order valence-electron chi connectivity index (χ2n) is 5.53. The van der Waals surface area contributed by atoms with Gasteiger partial charge in [-0.15, -0.1) is 0 Å². The molecule has 118 valence electrons. The van der Waals surface area contributed by atoms with Gasteiger partial charge in [-0.1, -0.05) is 53.5 Å². The molecule has 0 aliphatic carbocycles. The topological polar surface area (TPSA) is 29.8 Å². The predicted octanol–water partition coefficient (Wildman–Crippen LogP) is 5.08. The fraction of sp³-hybridized carbons (Fsp3) is 0.158. The summed E-state index contributed by atoms with van der Waals surface area (Å²) in [5, 5.41) is 3.47. The van der Waals surface area contributed by atoms with Crippen molar-refractivity contribution in [2.24, 2.45) is 0 Å². The van der Waals surface area contributed by atoms with Gasteiger partial charge in [0.2, 0.25) is 0 Å². The highest BCUT2D eigenvalue weighted by atomic mass is 35.5. The van der Waals surface area contributed by atoms with E-state index >= 15 is 0 Å². The Labute approximate surface area is 146 Å². The highest BCUT2D eigenvalue weighted by Crippen LogP contribution is 2.31. The van der Waals surface area contributed by atoms with Gasteiger partial charge in [-0.3, -0.25) is 0 Å². The molecule has 0 fully saturated rings. The van der Waals surface area contributed by atoms with Crippen LogP contribution in [0.1, 0.15) is 24.3 Å². The summed E-state index contributed by atoms with van der Waals surface area (Å²) in [6.45, 7) is 2.97. The Balaban J connectivity index is 1.68. The molecule has 3 rings (SSSR count). The Bertz CT molecular complexity index is 783. The van der Waals surface area contributed by atoms with Crippen molar-refractivity contribution in [3.63, 3.8) is 0 Å². The molecule has 1 heterocycles. The summed E-state index contributed by atoms with van der Waals surface area (Å²) >= 11 is 12.2. The third kappa shape index (κ3) is 3.97. The van der Waals surface area contributed by atoms with Crippen LogP contribution in [0.25, 0.3) is 11.3 Å². The average Bonchev–Trinajstić information content (AvgIpc) is 3.02. The average molecular weight is 347 g/mol. The monoisotopic (exact) mass is 346 g/mol. The van der Waals surface area contributed by atoms with Crippen LogP contribution in [0.3, 0.4) is 0 Å². The van der Waals surface area contributed by atoms with Crippen LogP contribution < -0.4 is 5.32 Å². The van der Waals surface area contributed by atoms with E-state index < -0.39 is 0 Å². The van der Waals surface area contributed by atoms with Gasteiger partial charge in [0.1, 0.15) is 18.3 Å². The maximum atomic E-state index is 6.23. The third-order valence-corrected chi connectivity index (χ3v) is 4.40. The smallest absolute Gasteiger partial charge is 0.158 e. The lowest BCUT2D eigenvalue weighted by Crippen LogP contribution is -2.82. The minimum absolute atomic E-state index is 0.379. The standard InChI is InChI=1S/C19H17Cl2NO/c1-13(14-5-3-2-4-6-14)22-12-16-8-10-19(23-16)17-9-7-15(20)11-18(17)21/h2-11,13,22H,12H2,1H3/p+1/t13-/m0/s1. The summed E-state index contributed by atoms with van der Waals surface area (Å²) in [4.78, 5) is 0. The second-order valence-corrected chi connectivity index (χ2v) is 6.37. The van der Waals surface area contributed by atoms with E-state index in [0.29, 0.717) is 16.1 Å². The van der Waals surface area contributed by atoms with Crippen molar-refractivity contribution in [3.8, 4) is 11.3 Å². The molecule has 0 saturated heterocycles. The lowest BCUT2D eigenvalue weighted by Gasteiger charge is -2.09. The quantitative estimate of drug-likeness (QED) is 0.685. The zero-order valence-electron chi connectivity index (χ0n) is 12.8. The molecule has 0 radical (unpaired) electrons. The first kappa shape index (κ1) is 16.1. The van der Waals surface area contributed by atoms with Crippen LogP contribution in [-0.4, -0.2) is 0 Å². The number of furan rings is 1. The first-order valence-corrected chi connectivity index (χ1v) is 8.31. The molecule has 0 amide bonds. The molecular formula is C19H18Cl2NO+. The number of halogens is 2. The SMILES string of the molecule is C[C@H]([NH2+]Cc1ccc(-c2ccc(Cl)cc2Cl)o1)c1ccccc1. The zero-order chi connectivity index (χ0) is 16.2. The van der Waals surface area contributed by atoms with Crippen LogP contribution in [0.15, 0.2) is 65.1 Å². The Morgan fingerprint density at radius 2 is 1.78 bits per heavy atom. The maximum Gasteiger partial charge on any atom is 0.158 e. The van der Waals surface area contributed by atoms with Crippen molar-refractivity contribution in [3.05, 3.63) is 82.0 Å². The van der Waals surface area contributed by atoms with Gasteiger partial charge >= 0.3 is 0 Å². The lowest BCUT2D eigenvalue weighted by molar-refractivity contribution is -0.709. The Morgan fingerprint density at radius 1 is 1.00 bits per heavy atom. The van der Waals surface area contributed by atoms with Crippen molar-refractivity contribution < 1.29 is 9.73 Å². The number of hydrogen-bond donors (Lipinski definition) is 1. The van der Waals surface area contributed by atoms with Gasteiger partial charge in [-0.05, 0) is 37.3 Å². The largest absolute Gasteiger partial charge is 0.455 e. The predicted molar refractivity (Wildman–Crippen MR) is 94.7 cm³/mol. The van der Waals surface area contributed by atoms with Crippen molar-refractivity contribution in [1.29, 1.82) is 0 Å². The van der Waals surface area contributed by atoms with Crippen LogP contribution >= 0.6 is 23.2 Å². The minimum Gasteiger partial charge on any atom is -0.455 e. The highest BCUT2D eigenvalue weighted by Gasteiger charge is 2.12. The first-order valence-electron chi connectivity index (χ1n) is 7.56. The van der Waals surface area contributed by atoms with Crippen molar-refractivity contribution in [1.82, 2.24) is 0 Å². The minimum atomic E-state index is 0.379. The van der Waals surface area contributed by atoms with Crippen molar-refractivity contribution in [2.45, 2.75) is 19.5 Å². The van der Waals surface area contributed by atoms with E-state index in [1.807, 2.05) is 30.3 Å². The molecule has 1 atom stereocenters. The number of quaternary nitrogens is 1. The molecular weight excluding hydrogens is 329 g/mol. The van der Waals surface area contributed by atoms with E-state index in [1.165, 1.54) is 5.56 Å². The fourth-order valence-corrected chi connectivity index (χ4v) is 3.01. The summed E-state index contributed by atoms with van der Waals surface area (Å²) in [6, 6.07) is 20.2. The molecule has 0 bridgehead atoms. The van der Waals surface area contributed by atoms with E-state index in [4.69, 9.17) is 27.6 Å². The number of hydrogen-bond acceptors (Lipinski definition) is 1.